The fourth-order valence-corrected chi connectivity index (χ4v) is 3.76. The summed E-state index contributed by atoms with van der Waals surface area (Å²) in [5, 5.41) is 11.0. The van der Waals surface area contributed by atoms with Crippen LogP contribution < -0.4 is 0 Å². The van der Waals surface area contributed by atoms with Gasteiger partial charge in [0, 0.05) is 45.7 Å². The Bertz CT molecular complexity index is 1200. The van der Waals surface area contributed by atoms with E-state index >= 15 is 0 Å². The Labute approximate surface area is 182 Å². The third-order valence-corrected chi connectivity index (χ3v) is 5.27. The van der Waals surface area contributed by atoms with Gasteiger partial charge in [-0.3, -0.25) is 9.50 Å². The normalized spacial score (nSPS) is 10.5. The van der Waals surface area contributed by atoms with E-state index in [1.165, 1.54) is 0 Å². The Kier molecular flexibility index (Phi) is 6.05. The average Bonchev–Trinajstić information content (AvgIpc) is 3.41. The summed E-state index contributed by atoms with van der Waals surface area (Å²) >= 11 is 7.60. The predicted octanol–water partition coefficient (Wildman–Crippen LogP) is 6.01. The third kappa shape index (κ3) is 3.52. The molecule has 9 heteroatoms. The molecular formula is C19H14Cl3N5S. The number of aromatic nitrogens is 5. The molecule has 0 aliphatic heterocycles. The van der Waals surface area contributed by atoms with Gasteiger partial charge >= 0.3 is 0 Å². The highest BCUT2D eigenvalue weighted by Crippen LogP contribution is 2.32. The minimum absolute atomic E-state index is 0. The van der Waals surface area contributed by atoms with Crippen molar-refractivity contribution in [3.05, 3.63) is 71.6 Å². The maximum Gasteiger partial charge on any atom is 0.141 e. The zero-order chi connectivity index (χ0) is 17.5. The topological polar surface area (TPSA) is 58.9 Å². The van der Waals surface area contributed by atoms with Crippen molar-refractivity contribution < 1.29 is 0 Å². The van der Waals surface area contributed by atoms with Gasteiger partial charge in [0.15, 0.2) is 0 Å². The molecule has 0 bridgehead atoms. The first-order chi connectivity index (χ1) is 12.8. The van der Waals surface area contributed by atoms with Crippen LogP contribution in [0, 0.1) is 0 Å². The van der Waals surface area contributed by atoms with E-state index in [1.807, 2.05) is 48.1 Å². The lowest BCUT2D eigenvalue weighted by Crippen LogP contribution is -1.90. The Balaban J connectivity index is 0.00000112. The lowest BCUT2D eigenvalue weighted by molar-refractivity contribution is 1.10. The number of hydrogen-bond acceptors (Lipinski definition) is 4. The monoisotopic (exact) mass is 449 g/mol. The molecule has 0 radical (unpaired) electrons. The number of pyridine rings is 1. The Hall–Kier alpha value is -2.38. The summed E-state index contributed by atoms with van der Waals surface area (Å²) in [5.74, 6) is 0. The largest absolute Gasteiger partial charge is 0.297 e. The molecule has 28 heavy (non-hydrogen) atoms. The van der Waals surface area contributed by atoms with Crippen molar-refractivity contribution in [1.82, 2.24) is 24.6 Å². The van der Waals surface area contributed by atoms with Gasteiger partial charge in [0.2, 0.25) is 0 Å². The Morgan fingerprint density at radius 2 is 1.75 bits per heavy atom. The molecule has 0 atom stereocenters. The van der Waals surface area contributed by atoms with Gasteiger partial charge in [-0.15, -0.1) is 36.2 Å². The van der Waals surface area contributed by atoms with Crippen LogP contribution in [-0.4, -0.2) is 24.6 Å². The smallest absolute Gasteiger partial charge is 0.141 e. The van der Waals surface area contributed by atoms with E-state index in [0.29, 0.717) is 5.02 Å². The first kappa shape index (κ1) is 20.4. The van der Waals surface area contributed by atoms with Crippen molar-refractivity contribution in [1.29, 1.82) is 0 Å². The SMILES string of the molecule is Cl.Cl.Clc1ccc(-c2n[nH]cc2-c2ccc3ncc(-c4nccs4)n3c2)cc1. The van der Waals surface area contributed by atoms with Crippen LogP contribution in [0.1, 0.15) is 0 Å². The Morgan fingerprint density at radius 3 is 2.50 bits per heavy atom. The number of nitrogens with one attached hydrogen (secondary N) is 1. The highest BCUT2D eigenvalue weighted by Gasteiger charge is 2.13. The standard InChI is InChI=1S/C19H12ClN5S.2ClH/c20-14-4-1-12(2-5-14)18-15(9-23-24-18)13-3-6-17-22-10-16(25(17)11-13)19-21-7-8-26-19;;/h1-11H,(H,23,24);2*1H. The van der Waals surface area contributed by atoms with Crippen molar-refractivity contribution in [3.63, 3.8) is 0 Å². The summed E-state index contributed by atoms with van der Waals surface area (Å²) in [7, 11) is 0. The van der Waals surface area contributed by atoms with Gasteiger partial charge in [0.1, 0.15) is 16.3 Å². The first-order valence-corrected chi connectivity index (χ1v) is 9.22. The molecule has 1 N–H and O–H groups in total. The highest BCUT2D eigenvalue weighted by atomic mass is 35.5. The lowest BCUT2D eigenvalue weighted by atomic mass is 10.0. The number of H-pyrrole nitrogens is 1. The van der Waals surface area contributed by atoms with Crippen molar-refractivity contribution in [2.24, 2.45) is 0 Å². The van der Waals surface area contributed by atoms with E-state index in [2.05, 4.69) is 36.8 Å². The van der Waals surface area contributed by atoms with Gasteiger partial charge in [-0.2, -0.15) is 5.10 Å². The molecule has 0 unspecified atom stereocenters. The number of nitrogens with zero attached hydrogens (tertiary/aromatic N) is 4. The van der Waals surface area contributed by atoms with Gasteiger partial charge < -0.3 is 0 Å². The van der Waals surface area contributed by atoms with E-state index in [1.54, 1.807) is 17.5 Å². The number of hydrogen-bond donors (Lipinski definition) is 1. The number of thiazole rings is 1. The van der Waals surface area contributed by atoms with Crippen LogP contribution >= 0.6 is 47.8 Å². The minimum Gasteiger partial charge on any atom is -0.297 e. The van der Waals surface area contributed by atoms with Crippen LogP contribution in [0.4, 0.5) is 0 Å². The van der Waals surface area contributed by atoms with Gasteiger partial charge in [-0.05, 0) is 24.3 Å². The molecule has 5 nitrogen and oxygen atoms in total. The molecule has 4 heterocycles. The second-order valence-electron chi connectivity index (χ2n) is 5.78. The second kappa shape index (κ2) is 8.32. The van der Waals surface area contributed by atoms with Crippen LogP contribution in [0.5, 0.6) is 0 Å². The molecule has 0 aliphatic carbocycles. The highest BCUT2D eigenvalue weighted by molar-refractivity contribution is 7.13. The predicted molar refractivity (Wildman–Crippen MR) is 119 cm³/mol. The fourth-order valence-electron chi connectivity index (χ4n) is 2.99. The first-order valence-electron chi connectivity index (χ1n) is 7.97. The number of halogens is 3. The molecule has 0 spiro atoms. The van der Waals surface area contributed by atoms with Crippen molar-refractivity contribution in [3.8, 4) is 33.1 Å². The van der Waals surface area contributed by atoms with Crippen molar-refractivity contribution >= 4 is 53.4 Å². The number of aromatic amines is 1. The molecule has 0 aliphatic rings. The quantitative estimate of drug-likeness (QED) is 0.366. The number of imidazole rings is 1. The molecule has 0 saturated heterocycles. The third-order valence-electron chi connectivity index (χ3n) is 4.23. The number of rotatable bonds is 3. The summed E-state index contributed by atoms with van der Waals surface area (Å²) in [6.45, 7) is 0. The molecule has 0 saturated carbocycles. The van der Waals surface area contributed by atoms with Crippen LogP contribution in [0.2, 0.25) is 5.02 Å². The summed E-state index contributed by atoms with van der Waals surface area (Å²) in [6, 6.07) is 11.7. The van der Waals surface area contributed by atoms with E-state index in [-0.39, 0.29) is 24.8 Å². The summed E-state index contributed by atoms with van der Waals surface area (Å²) in [6.07, 6.45) is 7.64. The number of fused-ring (bicyclic) bond motifs is 1. The maximum atomic E-state index is 6.01. The van der Waals surface area contributed by atoms with Gasteiger partial charge in [-0.1, -0.05) is 23.7 Å². The molecule has 0 amide bonds. The van der Waals surface area contributed by atoms with Crippen LogP contribution in [-0.2, 0) is 0 Å². The van der Waals surface area contributed by atoms with Gasteiger partial charge in [-0.25, -0.2) is 9.97 Å². The summed E-state index contributed by atoms with van der Waals surface area (Å²) in [5.41, 5.74) is 5.83. The molecule has 1 aromatic carbocycles. The minimum atomic E-state index is 0. The molecule has 142 valence electrons. The number of benzene rings is 1. The van der Waals surface area contributed by atoms with E-state index in [9.17, 15) is 0 Å². The molecule has 5 aromatic rings. The molecular weight excluding hydrogens is 437 g/mol. The van der Waals surface area contributed by atoms with E-state index in [4.69, 9.17) is 11.6 Å². The van der Waals surface area contributed by atoms with Crippen LogP contribution in [0.3, 0.4) is 0 Å². The Morgan fingerprint density at radius 1 is 0.964 bits per heavy atom. The maximum absolute atomic E-state index is 6.01. The van der Waals surface area contributed by atoms with Crippen molar-refractivity contribution in [2.45, 2.75) is 0 Å². The molecule has 0 fully saturated rings. The van der Waals surface area contributed by atoms with Crippen LogP contribution in [0.15, 0.2) is 66.6 Å². The van der Waals surface area contributed by atoms with E-state index < -0.39 is 0 Å². The average molecular weight is 451 g/mol. The van der Waals surface area contributed by atoms with Gasteiger partial charge in [0.25, 0.3) is 0 Å². The molecule has 4 aromatic heterocycles. The second-order valence-corrected chi connectivity index (χ2v) is 7.11. The zero-order valence-electron chi connectivity index (χ0n) is 14.2. The van der Waals surface area contributed by atoms with Gasteiger partial charge in [0.05, 0.1) is 11.9 Å². The zero-order valence-corrected chi connectivity index (χ0v) is 17.4. The molecule has 5 rings (SSSR count). The summed E-state index contributed by atoms with van der Waals surface area (Å²) < 4.78 is 2.06. The van der Waals surface area contributed by atoms with Crippen molar-refractivity contribution in [2.75, 3.05) is 0 Å². The summed E-state index contributed by atoms with van der Waals surface area (Å²) in [4.78, 5) is 8.88. The van der Waals surface area contributed by atoms with E-state index in [0.717, 1.165) is 38.7 Å². The fraction of sp³-hybridized carbons (Fsp3) is 0. The lowest BCUT2D eigenvalue weighted by Gasteiger charge is -2.05. The van der Waals surface area contributed by atoms with Crippen LogP contribution in [0.25, 0.3) is 38.7 Å².